The number of methoxy groups -OCH3 is 6. The van der Waals surface area contributed by atoms with Gasteiger partial charge in [0.15, 0.2) is 46.0 Å². The Morgan fingerprint density at radius 3 is 1.11 bits per heavy atom. The summed E-state index contributed by atoms with van der Waals surface area (Å²) in [6.45, 7) is 7.96. The topological polar surface area (TPSA) is 124 Å². The second-order valence-corrected chi connectivity index (χ2v) is 13.3. The summed E-state index contributed by atoms with van der Waals surface area (Å²) in [6, 6.07) is 22.1. The van der Waals surface area contributed by atoms with Crippen molar-refractivity contribution in [1.29, 1.82) is 0 Å². The third kappa shape index (κ3) is 8.38. The maximum atomic E-state index is 11.1. The van der Waals surface area contributed by atoms with Crippen LogP contribution in [0.15, 0.2) is 72.8 Å². The summed E-state index contributed by atoms with van der Waals surface area (Å²) in [5.74, 6) is 4.62. The molecular formula is C42H52O11. The molecule has 11 heteroatoms. The number of rotatable bonds is 16. The molecule has 1 fully saturated rings. The van der Waals surface area contributed by atoms with Crippen molar-refractivity contribution < 1.29 is 52.8 Å². The van der Waals surface area contributed by atoms with E-state index >= 15 is 0 Å². The maximum absolute atomic E-state index is 11.1. The van der Waals surface area contributed by atoms with Crippen molar-refractivity contribution in [3.63, 3.8) is 0 Å². The van der Waals surface area contributed by atoms with E-state index < -0.39 is 24.4 Å². The van der Waals surface area contributed by atoms with Gasteiger partial charge in [-0.3, -0.25) is 0 Å². The van der Waals surface area contributed by atoms with Crippen LogP contribution in [0, 0.1) is 11.8 Å². The third-order valence-corrected chi connectivity index (χ3v) is 10.1. The van der Waals surface area contributed by atoms with Gasteiger partial charge in [-0.15, -0.1) is 0 Å². The molecule has 0 radical (unpaired) electrons. The zero-order chi connectivity index (χ0) is 38.4. The molecule has 5 rings (SSSR count). The van der Waals surface area contributed by atoms with Crippen LogP contribution in [0.5, 0.6) is 46.0 Å². The maximum Gasteiger partial charge on any atom is 0.161 e. The molecule has 1 saturated heterocycles. The summed E-state index contributed by atoms with van der Waals surface area (Å²) < 4.78 is 52.2. The smallest absolute Gasteiger partial charge is 0.161 e. The molecule has 0 saturated carbocycles. The molecule has 0 amide bonds. The number of aliphatic hydroxyl groups is 2. The van der Waals surface area contributed by atoms with E-state index in [0.717, 1.165) is 11.1 Å². The molecule has 286 valence electrons. The Hall–Kier alpha value is -4.84. The van der Waals surface area contributed by atoms with Gasteiger partial charge >= 0.3 is 0 Å². The van der Waals surface area contributed by atoms with E-state index in [1.807, 2.05) is 36.4 Å². The van der Waals surface area contributed by atoms with Crippen LogP contribution in [-0.2, 0) is 4.74 Å². The molecule has 8 unspecified atom stereocenters. The first kappa shape index (κ1) is 39.4. The van der Waals surface area contributed by atoms with Crippen LogP contribution >= 0.6 is 0 Å². The van der Waals surface area contributed by atoms with E-state index in [1.54, 1.807) is 92.9 Å². The highest BCUT2D eigenvalue weighted by Crippen LogP contribution is 2.51. The Bertz CT molecular complexity index is 1700. The highest BCUT2D eigenvalue weighted by Gasteiger charge is 2.41. The molecule has 0 aliphatic carbocycles. The van der Waals surface area contributed by atoms with Crippen molar-refractivity contribution in [2.75, 3.05) is 42.7 Å². The van der Waals surface area contributed by atoms with Crippen LogP contribution in [0.4, 0.5) is 0 Å². The van der Waals surface area contributed by atoms with Gasteiger partial charge in [0.1, 0.15) is 24.4 Å². The van der Waals surface area contributed by atoms with Gasteiger partial charge < -0.3 is 52.8 Å². The quantitative estimate of drug-likeness (QED) is 0.117. The Morgan fingerprint density at radius 2 is 0.774 bits per heavy atom. The van der Waals surface area contributed by atoms with E-state index in [0.29, 0.717) is 57.1 Å². The van der Waals surface area contributed by atoms with Crippen LogP contribution in [0.2, 0.25) is 0 Å². The zero-order valence-electron chi connectivity index (χ0n) is 32.1. The molecule has 0 spiro atoms. The summed E-state index contributed by atoms with van der Waals surface area (Å²) >= 11 is 0. The lowest BCUT2D eigenvalue weighted by Crippen LogP contribution is -2.22. The molecule has 0 bridgehead atoms. The van der Waals surface area contributed by atoms with Gasteiger partial charge in [0.2, 0.25) is 0 Å². The van der Waals surface area contributed by atoms with Crippen molar-refractivity contribution in [3.05, 3.63) is 95.1 Å². The molecular weight excluding hydrogens is 680 g/mol. The highest BCUT2D eigenvalue weighted by molar-refractivity contribution is 5.48. The molecule has 2 N–H and O–H groups in total. The van der Waals surface area contributed by atoms with E-state index in [1.165, 1.54) is 0 Å². The largest absolute Gasteiger partial charge is 0.493 e. The molecule has 0 aromatic heterocycles. The van der Waals surface area contributed by atoms with Crippen molar-refractivity contribution in [1.82, 2.24) is 0 Å². The van der Waals surface area contributed by atoms with Gasteiger partial charge in [-0.05, 0) is 96.5 Å². The highest BCUT2D eigenvalue weighted by atomic mass is 16.5. The minimum absolute atomic E-state index is 0.167. The van der Waals surface area contributed by atoms with Crippen LogP contribution in [0.25, 0.3) is 0 Å². The van der Waals surface area contributed by atoms with Crippen molar-refractivity contribution in [3.8, 4) is 46.0 Å². The van der Waals surface area contributed by atoms with Crippen LogP contribution in [0.3, 0.4) is 0 Å². The standard InChI is InChI=1S/C42H52O11/c1-23-24(2)42(30-14-18-34(38(22-30)50-10)52-26(4)40(44)28-12-16-32(46-6)36(20-28)48-8)53-41(23)29-13-17-33(37(21-29)49-9)51-25(3)39(43)27-11-15-31(45-5)35(19-27)47-7/h11-26,39-44H,1-10H3. The summed E-state index contributed by atoms with van der Waals surface area (Å²) in [4.78, 5) is 0. The van der Waals surface area contributed by atoms with Gasteiger partial charge in [0.25, 0.3) is 0 Å². The lowest BCUT2D eigenvalue weighted by Gasteiger charge is -2.24. The molecule has 11 nitrogen and oxygen atoms in total. The summed E-state index contributed by atoms with van der Waals surface area (Å²) in [7, 11) is 9.43. The fourth-order valence-corrected chi connectivity index (χ4v) is 6.78. The predicted molar refractivity (Wildman–Crippen MR) is 200 cm³/mol. The molecule has 1 aliphatic rings. The second-order valence-electron chi connectivity index (χ2n) is 13.3. The summed E-state index contributed by atoms with van der Waals surface area (Å²) in [6.07, 6.45) is -3.49. The Morgan fingerprint density at radius 1 is 0.453 bits per heavy atom. The SMILES string of the molecule is COc1ccc(C(O)C(C)Oc2ccc(C3OC(c4ccc(OC(C)C(O)c5ccc(OC)c(OC)c5)c(OC)c4)C(C)C3C)cc2OC)cc1OC. The first-order chi connectivity index (χ1) is 25.5. The van der Waals surface area contributed by atoms with Crippen molar-refractivity contribution in [2.45, 2.75) is 64.3 Å². The number of aliphatic hydroxyl groups excluding tert-OH is 2. The monoisotopic (exact) mass is 732 g/mol. The first-order valence-corrected chi connectivity index (χ1v) is 17.6. The van der Waals surface area contributed by atoms with E-state index in [-0.39, 0.29) is 24.0 Å². The van der Waals surface area contributed by atoms with Gasteiger partial charge in [-0.25, -0.2) is 0 Å². The lowest BCUT2D eigenvalue weighted by molar-refractivity contribution is 0.0281. The van der Waals surface area contributed by atoms with Crippen LogP contribution in [-0.4, -0.2) is 65.1 Å². The third-order valence-electron chi connectivity index (χ3n) is 10.1. The van der Waals surface area contributed by atoms with Crippen LogP contribution < -0.4 is 37.9 Å². The Labute approximate surface area is 312 Å². The molecule has 8 atom stereocenters. The predicted octanol–water partition coefficient (Wildman–Crippen LogP) is 7.82. The normalized spacial score (nSPS) is 20.5. The molecule has 53 heavy (non-hydrogen) atoms. The molecule has 4 aromatic rings. The second kappa shape index (κ2) is 17.3. The van der Waals surface area contributed by atoms with E-state index in [9.17, 15) is 10.2 Å². The fourth-order valence-electron chi connectivity index (χ4n) is 6.78. The number of benzene rings is 4. The van der Waals surface area contributed by atoms with Crippen LogP contribution in [0.1, 0.15) is 74.4 Å². The Balaban J connectivity index is 1.29. The van der Waals surface area contributed by atoms with Gasteiger partial charge in [-0.1, -0.05) is 38.1 Å². The van der Waals surface area contributed by atoms with Gasteiger partial charge in [0.05, 0.1) is 54.9 Å². The number of hydrogen-bond donors (Lipinski definition) is 2. The molecule has 4 aromatic carbocycles. The average molecular weight is 733 g/mol. The minimum atomic E-state index is -0.932. The summed E-state index contributed by atoms with van der Waals surface area (Å²) in [5.41, 5.74) is 3.18. The van der Waals surface area contributed by atoms with Crippen molar-refractivity contribution >= 4 is 0 Å². The van der Waals surface area contributed by atoms with Crippen molar-refractivity contribution in [2.24, 2.45) is 11.8 Å². The summed E-state index contributed by atoms with van der Waals surface area (Å²) in [5, 5.41) is 22.2. The number of hydrogen-bond acceptors (Lipinski definition) is 11. The molecule has 1 heterocycles. The first-order valence-electron chi connectivity index (χ1n) is 17.6. The zero-order valence-corrected chi connectivity index (χ0v) is 32.1. The van der Waals surface area contributed by atoms with E-state index in [2.05, 4.69) is 13.8 Å². The minimum Gasteiger partial charge on any atom is -0.493 e. The average Bonchev–Trinajstić information content (AvgIpc) is 3.49. The number of ether oxygens (including phenoxy) is 9. The van der Waals surface area contributed by atoms with Gasteiger partial charge in [-0.2, -0.15) is 0 Å². The molecule has 1 aliphatic heterocycles. The van der Waals surface area contributed by atoms with E-state index in [4.69, 9.17) is 42.6 Å². The van der Waals surface area contributed by atoms with Gasteiger partial charge in [0, 0.05) is 0 Å². The lowest BCUT2D eigenvalue weighted by atomic mass is 9.85. The Kier molecular flexibility index (Phi) is 12.9. The fraction of sp³-hybridized carbons (Fsp3) is 0.429.